The molecule has 0 N–H and O–H groups in total. The Kier molecular flexibility index (Phi) is 6.53. The monoisotopic (exact) mass is 216 g/mol. The standard InChI is InChI=1S/C10H16O5/c1-4-8(14-3)6-15-10(13)7(2)9(12)5-11/h5,7-8H,4,6H2,1-3H3. The molecule has 2 unspecified atom stereocenters. The maximum atomic E-state index is 11.2. The van der Waals surface area contributed by atoms with Gasteiger partial charge in [0.25, 0.3) is 0 Å². The fourth-order valence-corrected chi connectivity index (χ4v) is 0.871. The number of hydrogen-bond donors (Lipinski definition) is 0. The van der Waals surface area contributed by atoms with E-state index in [0.29, 0.717) is 6.42 Å². The minimum absolute atomic E-state index is 0.0995. The van der Waals surface area contributed by atoms with Crippen LogP contribution in [0.5, 0.6) is 0 Å². The van der Waals surface area contributed by atoms with Crippen molar-refractivity contribution in [3.05, 3.63) is 0 Å². The van der Waals surface area contributed by atoms with E-state index < -0.39 is 17.7 Å². The van der Waals surface area contributed by atoms with Crippen LogP contribution in [0.1, 0.15) is 20.3 Å². The van der Waals surface area contributed by atoms with Gasteiger partial charge in [-0.05, 0) is 13.3 Å². The normalized spacial score (nSPS) is 14.1. The zero-order valence-corrected chi connectivity index (χ0v) is 9.19. The first-order valence-electron chi connectivity index (χ1n) is 4.75. The van der Waals surface area contributed by atoms with E-state index in [1.807, 2.05) is 6.92 Å². The average molecular weight is 216 g/mol. The van der Waals surface area contributed by atoms with Gasteiger partial charge in [0.15, 0.2) is 6.29 Å². The average Bonchev–Trinajstić information content (AvgIpc) is 2.27. The summed E-state index contributed by atoms with van der Waals surface area (Å²) in [7, 11) is 1.52. The van der Waals surface area contributed by atoms with Gasteiger partial charge in [0, 0.05) is 7.11 Å². The summed E-state index contributed by atoms with van der Waals surface area (Å²) in [6, 6.07) is 0. The van der Waals surface area contributed by atoms with Crippen LogP contribution in [0, 0.1) is 5.92 Å². The third-order valence-corrected chi connectivity index (χ3v) is 2.10. The summed E-state index contributed by atoms with van der Waals surface area (Å²) in [6.07, 6.45) is 0.659. The summed E-state index contributed by atoms with van der Waals surface area (Å²) in [5.74, 6) is -2.50. The van der Waals surface area contributed by atoms with Crippen molar-refractivity contribution in [2.45, 2.75) is 26.4 Å². The summed E-state index contributed by atoms with van der Waals surface area (Å²) in [6.45, 7) is 3.33. The van der Waals surface area contributed by atoms with Crippen molar-refractivity contribution in [1.82, 2.24) is 0 Å². The molecule has 15 heavy (non-hydrogen) atoms. The van der Waals surface area contributed by atoms with Gasteiger partial charge in [-0.1, -0.05) is 6.92 Å². The summed E-state index contributed by atoms with van der Waals surface area (Å²) < 4.78 is 9.81. The van der Waals surface area contributed by atoms with Crippen molar-refractivity contribution >= 4 is 18.0 Å². The zero-order chi connectivity index (χ0) is 11.8. The highest BCUT2D eigenvalue weighted by atomic mass is 16.6. The van der Waals surface area contributed by atoms with Gasteiger partial charge in [-0.15, -0.1) is 0 Å². The third-order valence-electron chi connectivity index (χ3n) is 2.10. The number of ether oxygens (including phenoxy) is 2. The molecule has 0 rings (SSSR count). The third kappa shape index (κ3) is 4.69. The predicted molar refractivity (Wildman–Crippen MR) is 52.3 cm³/mol. The van der Waals surface area contributed by atoms with Crippen LogP contribution in [0.15, 0.2) is 0 Å². The maximum Gasteiger partial charge on any atom is 0.316 e. The fraction of sp³-hybridized carbons (Fsp3) is 0.700. The van der Waals surface area contributed by atoms with E-state index in [4.69, 9.17) is 9.47 Å². The molecule has 5 nitrogen and oxygen atoms in total. The Balaban J connectivity index is 4.02. The Morgan fingerprint density at radius 3 is 2.40 bits per heavy atom. The topological polar surface area (TPSA) is 69.7 Å². The Morgan fingerprint density at radius 2 is 2.00 bits per heavy atom. The summed E-state index contributed by atoms with van der Waals surface area (Å²) in [5.41, 5.74) is 0. The molecule has 2 atom stereocenters. The minimum Gasteiger partial charge on any atom is -0.462 e. The van der Waals surface area contributed by atoms with E-state index in [1.54, 1.807) is 0 Å². The second-order valence-corrected chi connectivity index (χ2v) is 3.14. The number of rotatable bonds is 7. The van der Waals surface area contributed by atoms with E-state index >= 15 is 0 Å². The molecule has 0 heterocycles. The van der Waals surface area contributed by atoms with Gasteiger partial charge in [0.1, 0.15) is 12.5 Å². The Hall–Kier alpha value is -1.23. The Morgan fingerprint density at radius 1 is 1.40 bits per heavy atom. The van der Waals surface area contributed by atoms with Crippen molar-refractivity contribution in [3.8, 4) is 0 Å². The van der Waals surface area contributed by atoms with Gasteiger partial charge < -0.3 is 9.47 Å². The molecule has 0 saturated carbocycles. The molecule has 0 amide bonds. The van der Waals surface area contributed by atoms with Crippen molar-refractivity contribution in [2.24, 2.45) is 5.92 Å². The summed E-state index contributed by atoms with van der Waals surface area (Å²) in [4.78, 5) is 32.2. The molecule has 0 fully saturated rings. The summed E-state index contributed by atoms with van der Waals surface area (Å²) in [5, 5.41) is 0. The van der Waals surface area contributed by atoms with E-state index in [9.17, 15) is 14.4 Å². The quantitative estimate of drug-likeness (QED) is 0.266. The van der Waals surface area contributed by atoms with Gasteiger partial charge in [-0.25, -0.2) is 0 Å². The molecule has 0 aliphatic rings. The highest BCUT2D eigenvalue weighted by Gasteiger charge is 2.22. The van der Waals surface area contributed by atoms with E-state index in [2.05, 4.69) is 0 Å². The number of carbonyl (C=O) groups excluding carboxylic acids is 3. The number of hydrogen-bond acceptors (Lipinski definition) is 5. The van der Waals surface area contributed by atoms with Crippen LogP contribution in [0.3, 0.4) is 0 Å². The van der Waals surface area contributed by atoms with Crippen molar-refractivity contribution in [3.63, 3.8) is 0 Å². The fourth-order valence-electron chi connectivity index (χ4n) is 0.871. The number of esters is 1. The lowest BCUT2D eigenvalue weighted by atomic mass is 10.1. The molecule has 0 bridgehead atoms. The molecular weight excluding hydrogens is 200 g/mol. The first-order valence-corrected chi connectivity index (χ1v) is 4.75. The molecule has 0 spiro atoms. The van der Waals surface area contributed by atoms with Crippen LogP contribution in [-0.2, 0) is 23.9 Å². The van der Waals surface area contributed by atoms with Gasteiger partial charge in [-0.3, -0.25) is 14.4 Å². The molecule has 0 saturated heterocycles. The number of ketones is 1. The number of methoxy groups -OCH3 is 1. The van der Waals surface area contributed by atoms with Crippen LogP contribution < -0.4 is 0 Å². The van der Waals surface area contributed by atoms with E-state index in [0.717, 1.165) is 0 Å². The molecule has 86 valence electrons. The van der Waals surface area contributed by atoms with E-state index in [1.165, 1.54) is 14.0 Å². The van der Waals surface area contributed by atoms with Crippen molar-refractivity contribution in [1.29, 1.82) is 0 Å². The first kappa shape index (κ1) is 13.8. The van der Waals surface area contributed by atoms with Crippen molar-refractivity contribution in [2.75, 3.05) is 13.7 Å². The van der Waals surface area contributed by atoms with Crippen molar-refractivity contribution < 1.29 is 23.9 Å². The second-order valence-electron chi connectivity index (χ2n) is 3.14. The molecule has 5 heteroatoms. The Labute approximate surface area is 88.7 Å². The molecule has 0 radical (unpaired) electrons. The van der Waals surface area contributed by atoms with Crippen LogP contribution in [0.4, 0.5) is 0 Å². The van der Waals surface area contributed by atoms with Gasteiger partial charge in [0.2, 0.25) is 5.78 Å². The van der Waals surface area contributed by atoms with Crippen LogP contribution in [0.2, 0.25) is 0 Å². The largest absolute Gasteiger partial charge is 0.462 e. The van der Waals surface area contributed by atoms with Crippen LogP contribution >= 0.6 is 0 Å². The number of carbonyl (C=O) groups is 3. The molecule has 0 aliphatic heterocycles. The molecule has 0 aliphatic carbocycles. The molecule has 0 aromatic rings. The first-order chi connectivity index (χ1) is 7.06. The zero-order valence-electron chi connectivity index (χ0n) is 9.19. The lowest BCUT2D eigenvalue weighted by Gasteiger charge is -2.14. The smallest absolute Gasteiger partial charge is 0.316 e. The summed E-state index contributed by atoms with van der Waals surface area (Å²) >= 11 is 0. The van der Waals surface area contributed by atoms with Crippen LogP contribution in [-0.4, -0.2) is 37.9 Å². The highest BCUT2D eigenvalue weighted by molar-refractivity contribution is 6.30. The minimum atomic E-state index is -1.03. The lowest BCUT2D eigenvalue weighted by Crippen LogP contribution is -2.27. The molecule has 0 aromatic carbocycles. The van der Waals surface area contributed by atoms with Gasteiger partial charge in [-0.2, -0.15) is 0 Å². The predicted octanol–water partition coefficient (Wildman–Crippen LogP) is 0.359. The second kappa shape index (κ2) is 7.11. The van der Waals surface area contributed by atoms with Gasteiger partial charge >= 0.3 is 5.97 Å². The highest BCUT2D eigenvalue weighted by Crippen LogP contribution is 2.02. The lowest BCUT2D eigenvalue weighted by molar-refractivity contribution is -0.155. The number of aldehydes is 1. The van der Waals surface area contributed by atoms with Gasteiger partial charge in [0.05, 0.1) is 6.10 Å². The Bertz CT molecular complexity index is 232. The SMILES string of the molecule is CCC(COC(=O)C(C)C(=O)C=O)OC. The van der Waals surface area contributed by atoms with E-state index in [-0.39, 0.29) is 19.0 Å². The maximum absolute atomic E-state index is 11.2. The number of Topliss-reactive ketones (excluding diaryl/α,β-unsaturated/α-hetero) is 1. The molecule has 0 aromatic heterocycles. The van der Waals surface area contributed by atoms with Crippen LogP contribution in [0.25, 0.3) is 0 Å². The molecular formula is C10H16O5.